The molecule has 1 saturated heterocycles. The van der Waals surface area contributed by atoms with Crippen LogP contribution in [0.15, 0.2) is 22.7 Å². The molecule has 0 atom stereocenters. The number of hydrogen-bond donors (Lipinski definition) is 2. The standard InChI is InChI=1S/C15H22BrN3O/c16-14-6-5-12(17)11-13(14)15(20)18-7-10-19-8-3-1-2-4-9-19/h5-6,11H,1-4,7-10,17H2,(H,18,20). The highest BCUT2D eigenvalue weighted by molar-refractivity contribution is 9.10. The highest BCUT2D eigenvalue weighted by atomic mass is 79.9. The van der Waals surface area contributed by atoms with Crippen molar-refractivity contribution in [2.75, 3.05) is 31.9 Å². The molecule has 2 rings (SSSR count). The van der Waals surface area contributed by atoms with Crippen LogP contribution in [0.3, 0.4) is 0 Å². The molecule has 1 amide bonds. The van der Waals surface area contributed by atoms with Crippen molar-refractivity contribution in [3.63, 3.8) is 0 Å². The zero-order valence-corrected chi connectivity index (χ0v) is 13.3. The second-order valence-electron chi connectivity index (χ2n) is 5.25. The van der Waals surface area contributed by atoms with Gasteiger partial charge in [0.25, 0.3) is 5.91 Å². The molecule has 3 N–H and O–H groups in total. The summed E-state index contributed by atoms with van der Waals surface area (Å²) in [5, 5.41) is 2.97. The van der Waals surface area contributed by atoms with E-state index in [4.69, 9.17) is 5.73 Å². The first-order chi connectivity index (χ1) is 9.66. The zero-order chi connectivity index (χ0) is 14.4. The highest BCUT2D eigenvalue weighted by Crippen LogP contribution is 2.19. The minimum atomic E-state index is -0.0704. The van der Waals surface area contributed by atoms with Gasteiger partial charge in [-0.05, 0) is 60.1 Å². The Bertz CT molecular complexity index is 456. The van der Waals surface area contributed by atoms with Gasteiger partial charge in [0.1, 0.15) is 0 Å². The van der Waals surface area contributed by atoms with Crippen molar-refractivity contribution in [1.82, 2.24) is 10.2 Å². The van der Waals surface area contributed by atoms with E-state index in [0.29, 0.717) is 17.8 Å². The molecule has 1 heterocycles. The van der Waals surface area contributed by atoms with Crippen LogP contribution in [0.25, 0.3) is 0 Å². The summed E-state index contributed by atoms with van der Waals surface area (Å²) >= 11 is 3.38. The molecular formula is C15H22BrN3O. The predicted molar refractivity (Wildman–Crippen MR) is 85.8 cm³/mol. The molecule has 5 heteroatoms. The zero-order valence-electron chi connectivity index (χ0n) is 11.7. The fourth-order valence-electron chi connectivity index (χ4n) is 2.50. The van der Waals surface area contributed by atoms with Crippen LogP contribution >= 0.6 is 15.9 Å². The van der Waals surface area contributed by atoms with Gasteiger partial charge in [-0.2, -0.15) is 0 Å². The van der Waals surface area contributed by atoms with E-state index in [0.717, 1.165) is 24.1 Å². The second-order valence-corrected chi connectivity index (χ2v) is 6.11. The van der Waals surface area contributed by atoms with Gasteiger partial charge in [0, 0.05) is 23.2 Å². The smallest absolute Gasteiger partial charge is 0.252 e. The number of nitrogen functional groups attached to an aromatic ring is 1. The van der Waals surface area contributed by atoms with Gasteiger partial charge in [-0.1, -0.05) is 12.8 Å². The minimum absolute atomic E-state index is 0.0704. The Morgan fingerprint density at radius 2 is 1.95 bits per heavy atom. The van der Waals surface area contributed by atoms with Crippen LogP contribution < -0.4 is 11.1 Å². The summed E-state index contributed by atoms with van der Waals surface area (Å²) in [6.07, 6.45) is 5.21. The lowest BCUT2D eigenvalue weighted by Gasteiger charge is -2.19. The Labute approximate surface area is 128 Å². The van der Waals surface area contributed by atoms with Crippen molar-refractivity contribution in [2.24, 2.45) is 0 Å². The molecule has 1 aliphatic rings. The summed E-state index contributed by atoms with van der Waals surface area (Å²) in [5.74, 6) is -0.0704. The summed E-state index contributed by atoms with van der Waals surface area (Å²) < 4.78 is 0.777. The van der Waals surface area contributed by atoms with Crippen molar-refractivity contribution in [3.05, 3.63) is 28.2 Å². The van der Waals surface area contributed by atoms with E-state index in [-0.39, 0.29) is 5.91 Å². The van der Waals surface area contributed by atoms with Crippen molar-refractivity contribution < 1.29 is 4.79 Å². The second kappa shape index (κ2) is 7.64. The fourth-order valence-corrected chi connectivity index (χ4v) is 2.93. The van der Waals surface area contributed by atoms with Crippen LogP contribution in [0.5, 0.6) is 0 Å². The number of nitrogens with zero attached hydrogens (tertiary/aromatic N) is 1. The van der Waals surface area contributed by atoms with Crippen LogP contribution in [0.1, 0.15) is 36.0 Å². The van der Waals surface area contributed by atoms with Gasteiger partial charge in [-0.3, -0.25) is 4.79 Å². The third kappa shape index (κ3) is 4.49. The lowest BCUT2D eigenvalue weighted by atomic mass is 10.2. The van der Waals surface area contributed by atoms with E-state index in [1.165, 1.54) is 25.7 Å². The SMILES string of the molecule is Nc1ccc(Br)c(C(=O)NCCN2CCCCCC2)c1. The van der Waals surface area contributed by atoms with Crippen molar-refractivity contribution in [1.29, 1.82) is 0 Å². The number of anilines is 1. The molecule has 0 saturated carbocycles. The largest absolute Gasteiger partial charge is 0.399 e. The van der Waals surface area contributed by atoms with Gasteiger partial charge in [-0.15, -0.1) is 0 Å². The van der Waals surface area contributed by atoms with Crippen LogP contribution in [-0.2, 0) is 0 Å². The molecule has 0 radical (unpaired) electrons. The normalized spacial score (nSPS) is 16.6. The molecule has 1 aromatic rings. The molecule has 110 valence electrons. The van der Waals surface area contributed by atoms with Gasteiger partial charge < -0.3 is 16.0 Å². The molecule has 0 aliphatic carbocycles. The molecule has 0 aromatic heterocycles. The van der Waals surface area contributed by atoms with E-state index < -0.39 is 0 Å². The topological polar surface area (TPSA) is 58.4 Å². The molecule has 1 aliphatic heterocycles. The van der Waals surface area contributed by atoms with E-state index in [1.807, 2.05) is 0 Å². The number of halogens is 1. The lowest BCUT2D eigenvalue weighted by molar-refractivity contribution is 0.0948. The van der Waals surface area contributed by atoms with E-state index in [9.17, 15) is 4.79 Å². The number of nitrogens with one attached hydrogen (secondary N) is 1. The Hall–Kier alpha value is -1.07. The first-order valence-corrected chi connectivity index (χ1v) is 8.02. The number of amides is 1. The molecule has 4 nitrogen and oxygen atoms in total. The fraction of sp³-hybridized carbons (Fsp3) is 0.533. The lowest BCUT2D eigenvalue weighted by Crippen LogP contribution is -2.35. The summed E-state index contributed by atoms with van der Waals surface area (Å²) in [7, 11) is 0. The minimum Gasteiger partial charge on any atom is -0.399 e. The number of hydrogen-bond acceptors (Lipinski definition) is 3. The van der Waals surface area contributed by atoms with Crippen LogP contribution in [0.4, 0.5) is 5.69 Å². The summed E-state index contributed by atoms with van der Waals surface area (Å²) in [6, 6.07) is 5.28. The highest BCUT2D eigenvalue weighted by Gasteiger charge is 2.12. The Morgan fingerprint density at radius 1 is 1.25 bits per heavy atom. The Balaban J connectivity index is 1.81. The van der Waals surface area contributed by atoms with Crippen molar-refractivity contribution in [3.8, 4) is 0 Å². The average molecular weight is 340 g/mol. The number of rotatable bonds is 4. The van der Waals surface area contributed by atoms with Crippen LogP contribution in [0.2, 0.25) is 0 Å². The maximum atomic E-state index is 12.1. The number of carbonyl (C=O) groups is 1. The first-order valence-electron chi connectivity index (χ1n) is 7.22. The molecule has 1 aromatic carbocycles. The molecular weight excluding hydrogens is 318 g/mol. The van der Waals surface area contributed by atoms with Gasteiger partial charge >= 0.3 is 0 Å². The van der Waals surface area contributed by atoms with Crippen molar-refractivity contribution >= 4 is 27.5 Å². The molecule has 0 bridgehead atoms. The molecule has 0 unspecified atom stereocenters. The molecule has 1 fully saturated rings. The van der Waals surface area contributed by atoms with Gasteiger partial charge in [0.05, 0.1) is 5.56 Å². The molecule has 0 spiro atoms. The van der Waals surface area contributed by atoms with Crippen molar-refractivity contribution in [2.45, 2.75) is 25.7 Å². The summed E-state index contributed by atoms with van der Waals surface area (Å²) in [4.78, 5) is 14.5. The number of benzene rings is 1. The average Bonchev–Trinajstić information content (AvgIpc) is 2.70. The first kappa shape index (κ1) is 15.3. The maximum Gasteiger partial charge on any atom is 0.252 e. The summed E-state index contributed by atoms with van der Waals surface area (Å²) in [6.45, 7) is 3.90. The Morgan fingerprint density at radius 3 is 2.65 bits per heavy atom. The van der Waals surface area contributed by atoms with Crippen LogP contribution in [0, 0.1) is 0 Å². The van der Waals surface area contributed by atoms with E-state index in [1.54, 1.807) is 18.2 Å². The van der Waals surface area contributed by atoms with E-state index >= 15 is 0 Å². The van der Waals surface area contributed by atoms with Crippen LogP contribution in [-0.4, -0.2) is 37.0 Å². The third-order valence-electron chi connectivity index (χ3n) is 3.65. The van der Waals surface area contributed by atoms with Gasteiger partial charge in [0.15, 0.2) is 0 Å². The number of likely N-dealkylation sites (tertiary alicyclic amines) is 1. The quantitative estimate of drug-likeness (QED) is 0.829. The third-order valence-corrected chi connectivity index (χ3v) is 4.34. The molecule has 20 heavy (non-hydrogen) atoms. The summed E-state index contributed by atoms with van der Waals surface area (Å²) in [5.41, 5.74) is 6.92. The Kier molecular flexibility index (Phi) is 5.86. The van der Waals surface area contributed by atoms with Gasteiger partial charge in [-0.25, -0.2) is 0 Å². The van der Waals surface area contributed by atoms with E-state index in [2.05, 4.69) is 26.1 Å². The monoisotopic (exact) mass is 339 g/mol. The maximum absolute atomic E-state index is 12.1. The number of carbonyl (C=O) groups excluding carboxylic acids is 1. The predicted octanol–water partition coefficient (Wildman–Crippen LogP) is 2.64. The van der Waals surface area contributed by atoms with Gasteiger partial charge in [0.2, 0.25) is 0 Å². The number of nitrogens with two attached hydrogens (primary N) is 1.